The Morgan fingerprint density at radius 1 is 1.17 bits per heavy atom. The van der Waals surface area contributed by atoms with Gasteiger partial charge in [0.2, 0.25) is 0 Å². The van der Waals surface area contributed by atoms with Gasteiger partial charge in [0.05, 0.1) is 16.5 Å². The van der Waals surface area contributed by atoms with E-state index < -0.39 is 27.4 Å². The van der Waals surface area contributed by atoms with E-state index in [1.54, 1.807) is 19.1 Å². The number of sulfone groups is 1. The first-order valence-corrected chi connectivity index (χ1v) is 13.2. The van der Waals surface area contributed by atoms with E-state index in [1.165, 1.54) is 30.3 Å². The molecule has 0 saturated carbocycles. The van der Waals surface area contributed by atoms with Crippen molar-refractivity contribution in [3.63, 3.8) is 0 Å². The molecule has 11 heteroatoms. The quantitative estimate of drug-likeness (QED) is 0.476. The van der Waals surface area contributed by atoms with Crippen molar-refractivity contribution < 1.29 is 26.8 Å². The van der Waals surface area contributed by atoms with E-state index in [0.29, 0.717) is 48.4 Å². The molecule has 4 rings (SSSR count). The Labute approximate surface area is 206 Å². The summed E-state index contributed by atoms with van der Waals surface area (Å²) in [6, 6.07) is 10.0. The molecule has 2 aromatic carbocycles. The third kappa shape index (κ3) is 6.19. The molecule has 0 unspecified atom stereocenters. The number of amides is 1. The van der Waals surface area contributed by atoms with Crippen LogP contribution >= 0.6 is 11.6 Å². The number of fused-ring (bicyclic) bond motifs is 1. The Balaban J connectivity index is 1.42. The Morgan fingerprint density at radius 3 is 2.63 bits per heavy atom. The smallest absolute Gasteiger partial charge is 0.336 e. The largest absolute Gasteiger partial charge is 0.481 e. The number of carbonyl (C=O) groups is 1. The van der Waals surface area contributed by atoms with Crippen molar-refractivity contribution >= 4 is 38.3 Å². The van der Waals surface area contributed by atoms with Gasteiger partial charge in [-0.05, 0) is 37.3 Å². The number of benzene rings is 2. The number of hydrogen-bond acceptors (Lipinski definition) is 7. The van der Waals surface area contributed by atoms with Gasteiger partial charge in [-0.2, -0.15) is 0 Å². The molecule has 1 aliphatic heterocycles. The molecule has 8 nitrogen and oxygen atoms in total. The fourth-order valence-corrected chi connectivity index (χ4v) is 5.41. The average molecular weight is 523 g/mol. The van der Waals surface area contributed by atoms with Crippen molar-refractivity contribution in [2.24, 2.45) is 0 Å². The predicted octanol–water partition coefficient (Wildman–Crippen LogP) is 2.87. The minimum atomic E-state index is -2.94. The van der Waals surface area contributed by atoms with E-state index in [0.717, 1.165) is 0 Å². The average Bonchev–Trinajstić information content (AvgIpc) is 2.79. The van der Waals surface area contributed by atoms with Crippen molar-refractivity contribution in [2.75, 3.05) is 37.7 Å². The fraction of sp³-hybridized carbons (Fsp3) is 0.333. The highest BCUT2D eigenvalue weighted by Crippen LogP contribution is 2.34. The van der Waals surface area contributed by atoms with Gasteiger partial charge in [-0.25, -0.2) is 17.6 Å². The van der Waals surface area contributed by atoms with E-state index in [1.807, 2.05) is 4.90 Å². The van der Waals surface area contributed by atoms with Gasteiger partial charge in [0.15, 0.2) is 15.9 Å². The number of hydrogen-bond donors (Lipinski definition) is 1. The highest BCUT2D eigenvalue weighted by molar-refractivity contribution is 7.91. The summed E-state index contributed by atoms with van der Waals surface area (Å²) in [6.45, 7) is 3.41. The van der Waals surface area contributed by atoms with Crippen LogP contribution in [0.3, 0.4) is 0 Å². The molecule has 3 aromatic rings. The second-order valence-electron chi connectivity index (χ2n) is 8.31. The van der Waals surface area contributed by atoms with E-state index in [2.05, 4.69) is 5.32 Å². The molecule has 2 heterocycles. The van der Waals surface area contributed by atoms with Crippen molar-refractivity contribution in [2.45, 2.75) is 13.0 Å². The standard InChI is InChI=1S/C24H24ClFN2O6S/c1-15(24(30)27-6-7-28-8-10-35(31,32)11-9-28)33-17-3-5-19-20(14-23(29)34-22(19)13-17)18-4-2-16(26)12-21(18)25/h2-5,12-15H,6-11H2,1H3,(H,27,30)/t15-/m1/s1. The highest BCUT2D eigenvalue weighted by atomic mass is 35.5. The maximum atomic E-state index is 13.5. The lowest BCUT2D eigenvalue weighted by atomic mass is 10.0. The van der Waals surface area contributed by atoms with Crippen LogP contribution in [0.25, 0.3) is 22.1 Å². The molecule has 1 N–H and O–H groups in total. The summed E-state index contributed by atoms with van der Waals surface area (Å²) >= 11 is 6.18. The number of rotatable bonds is 7. The molecule has 1 atom stereocenters. The van der Waals surface area contributed by atoms with Gasteiger partial charge in [0.1, 0.15) is 17.1 Å². The molecule has 1 aromatic heterocycles. The lowest BCUT2D eigenvalue weighted by Crippen LogP contribution is -2.45. The van der Waals surface area contributed by atoms with Gasteiger partial charge < -0.3 is 14.5 Å². The van der Waals surface area contributed by atoms with Crippen LogP contribution in [0.5, 0.6) is 5.75 Å². The molecule has 186 valence electrons. The lowest BCUT2D eigenvalue weighted by Gasteiger charge is -2.26. The fourth-order valence-electron chi connectivity index (χ4n) is 3.86. The molecular weight excluding hydrogens is 499 g/mol. The number of nitrogens with one attached hydrogen (secondary N) is 1. The van der Waals surface area contributed by atoms with Crippen LogP contribution in [0, 0.1) is 5.82 Å². The maximum absolute atomic E-state index is 13.5. The van der Waals surface area contributed by atoms with Crippen molar-refractivity contribution in [3.05, 3.63) is 63.7 Å². The Kier molecular flexibility index (Phi) is 7.44. The topological polar surface area (TPSA) is 106 Å². The number of ether oxygens (including phenoxy) is 1. The summed E-state index contributed by atoms with van der Waals surface area (Å²) in [5, 5.41) is 3.52. The van der Waals surface area contributed by atoms with Crippen LogP contribution in [0.1, 0.15) is 6.92 Å². The van der Waals surface area contributed by atoms with Crippen LogP contribution in [-0.2, 0) is 14.6 Å². The second kappa shape index (κ2) is 10.3. The third-order valence-corrected chi connectivity index (χ3v) is 7.71. The lowest BCUT2D eigenvalue weighted by molar-refractivity contribution is -0.127. The van der Waals surface area contributed by atoms with Crippen LogP contribution in [0.4, 0.5) is 4.39 Å². The molecule has 0 bridgehead atoms. The zero-order chi connectivity index (χ0) is 25.2. The van der Waals surface area contributed by atoms with Gasteiger partial charge >= 0.3 is 5.63 Å². The molecule has 0 radical (unpaired) electrons. The monoisotopic (exact) mass is 522 g/mol. The van der Waals surface area contributed by atoms with Crippen LogP contribution in [-0.4, -0.2) is 63.0 Å². The normalized spacial score (nSPS) is 16.7. The van der Waals surface area contributed by atoms with Crippen LogP contribution in [0.15, 0.2) is 51.7 Å². The Bertz CT molecular complexity index is 1410. The SMILES string of the molecule is C[C@@H](Oc1ccc2c(-c3ccc(F)cc3Cl)cc(=O)oc2c1)C(=O)NCCN1CCS(=O)(=O)CC1. The summed E-state index contributed by atoms with van der Waals surface area (Å²) < 4.78 is 47.5. The molecule has 1 fully saturated rings. The first kappa shape index (κ1) is 25.2. The summed E-state index contributed by atoms with van der Waals surface area (Å²) in [5.41, 5.74) is 0.599. The highest BCUT2D eigenvalue weighted by Gasteiger charge is 2.22. The molecule has 0 aliphatic carbocycles. The van der Waals surface area contributed by atoms with Gasteiger partial charge in [0, 0.05) is 54.8 Å². The molecule has 35 heavy (non-hydrogen) atoms. The molecule has 0 spiro atoms. The number of halogens is 2. The summed E-state index contributed by atoms with van der Waals surface area (Å²) in [6.07, 6.45) is -0.823. The van der Waals surface area contributed by atoms with E-state index in [-0.39, 0.29) is 28.0 Å². The van der Waals surface area contributed by atoms with E-state index in [4.69, 9.17) is 20.8 Å². The zero-order valence-corrected chi connectivity index (χ0v) is 20.5. The molecule has 1 saturated heterocycles. The predicted molar refractivity (Wildman–Crippen MR) is 131 cm³/mol. The van der Waals surface area contributed by atoms with Gasteiger partial charge in [-0.3, -0.25) is 9.69 Å². The second-order valence-corrected chi connectivity index (χ2v) is 11.0. The van der Waals surface area contributed by atoms with E-state index >= 15 is 0 Å². The number of carbonyl (C=O) groups excluding carboxylic acids is 1. The summed E-state index contributed by atoms with van der Waals surface area (Å²) in [4.78, 5) is 26.6. The summed E-state index contributed by atoms with van der Waals surface area (Å²) in [7, 11) is -2.94. The zero-order valence-electron chi connectivity index (χ0n) is 18.9. The molecule has 1 amide bonds. The molecular formula is C24H24ClFN2O6S. The third-order valence-electron chi connectivity index (χ3n) is 5.78. The van der Waals surface area contributed by atoms with Crippen molar-refractivity contribution in [3.8, 4) is 16.9 Å². The van der Waals surface area contributed by atoms with Crippen molar-refractivity contribution in [1.82, 2.24) is 10.2 Å². The van der Waals surface area contributed by atoms with Gasteiger partial charge in [-0.1, -0.05) is 11.6 Å². The van der Waals surface area contributed by atoms with Crippen LogP contribution in [0.2, 0.25) is 5.02 Å². The maximum Gasteiger partial charge on any atom is 0.336 e. The first-order chi connectivity index (χ1) is 16.6. The minimum Gasteiger partial charge on any atom is -0.481 e. The van der Waals surface area contributed by atoms with Crippen LogP contribution < -0.4 is 15.7 Å². The Hall–Kier alpha value is -2.95. The van der Waals surface area contributed by atoms with Gasteiger partial charge in [0.25, 0.3) is 5.91 Å². The first-order valence-electron chi connectivity index (χ1n) is 11.0. The van der Waals surface area contributed by atoms with Crippen molar-refractivity contribution in [1.29, 1.82) is 0 Å². The minimum absolute atomic E-state index is 0.133. The van der Waals surface area contributed by atoms with Gasteiger partial charge in [-0.15, -0.1) is 0 Å². The van der Waals surface area contributed by atoms with E-state index in [9.17, 15) is 22.4 Å². The summed E-state index contributed by atoms with van der Waals surface area (Å²) in [5.74, 6) is -0.228. The number of nitrogens with zero attached hydrogens (tertiary/aromatic N) is 1. The Morgan fingerprint density at radius 2 is 1.91 bits per heavy atom. The molecule has 1 aliphatic rings.